The molecule has 2 aromatic rings. The van der Waals surface area contributed by atoms with Crippen LogP contribution < -0.4 is 0 Å². The molecule has 1 amide bonds. The monoisotopic (exact) mass is 371 g/mol. The van der Waals surface area contributed by atoms with Gasteiger partial charge in [0.15, 0.2) is 0 Å². The zero-order valence-electron chi connectivity index (χ0n) is 15.3. The maximum absolute atomic E-state index is 11.8. The maximum Gasteiger partial charge on any atom is 0.409 e. The number of hydrogen-bond acceptors (Lipinski definition) is 4. The van der Waals surface area contributed by atoms with Gasteiger partial charge in [-0.3, -0.25) is 0 Å². The van der Waals surface area contributed by atoms with E-state index < -0.39 is 5.60 Å². The average molecular weight is 372 g/mol. The van der Waals surface area contributed by atoms with Crippen LogP contribution in [0, 0.1) is 0 Å². The van der Waals surface area contributed by atoms with Crippen molar-refractivity contribution in [2.24, 2.45) is 0 Å². The molecule has 26 heavy (non-hydrogen) atoms. The highest BCUT2D eigenvalue weighted by Crippen LogP contribution is 2.45. The number of aliphatic hydroxyl groups is 1. The van der Waals surface area contributed by atoms with Gasteiger partial charge in [0.05, 0.1) is 6.61 Å². The summed E-state index contributed by atoms with van der Waals surface area (Å²) in [6.07, 6.45) is 0.904. The van der Waals surface area contributed by atoms with Crippen LogP contribution in [0.3, 0.4) is 0 Å². The number of amides is 1. The lowest BCUT2D eigenvalue weighted by molar-refractivity contribution is 0.0609. The van der Waals surface area contributed by atoms with Crippen LogP contribution in [0.5, 0.6) is 0 Å². The lowest BCUT2D eigenvalue weighted by atomic mass is 9.80. The quantitative estimate of drug-likeness (QED) is 0.846. The van der Waals surface area contributed by atoms with Crippen molar-refractivity contribution < 1.29 is 14.6 Å². The molecule has 0 bridgehead atoms. The molecule has 1 N–H and O–H groups in total. The molecule has 0 radical (unpaired) electrons. The molecule has 1 unspecified atom stereocenters. The molecule has 0 fully saturated rings. The van der Waals surface area contributed by atoms with Crippen LogP contribution in [0.15, 0.2) is 53.4 Å². The second-order valence-electron chi connectivity index (χ2n) is 6.53. The van der Waals surface area contributed by atoms with Crippen LogP contribution >= 0.6 is 11.8 Å². The number of thioether (sulfide) groups is 1. The molecule has 0 aromatic heterocycles. The summed E-state index contributed by atoms with van der Waals surface area (Å²) >= 11 is 1.76. The number of carbonyl (C=O) groups excluding carboxylic acids is 1. The molecule has 0 saturated heterocycles. The molecule has 1 aliphatic rings. The number of fused-ring (bicyclic) bond motifs is 2. The molecule has 1 heterocycles. The van der Waals surface area contributed by atoms with Crippen molar-refractivity contribution in [2.75, 3.05) is 20.2 Å². The van der Waals surface area contributed by atoms with E-state index in [4.69, 9.17) is 4.74 Å². The number of hydrogen-bond donors (Lipinski definition) is 1. The summed E-state index contributed by atoms with van der Waals surface area (Å²) in [6.45, 7) is 2.70. The Hall–Kier alpha value is -1.98. The summed E-state index contributed by atoms with van der Waals surface area (Å²) in [4.78, 5) is 14.5. The van der Waals surface area contributed by atoms with Crippen LogP contribution in [-0.4, -0.2) is 36.3 Å². The van der Waals surface area contributed by atoms with Gasteiger partial charge in [-0.2, -0.15) is 0 Å². The third-order valence-electron chi connectivity index (χ3n) is 4.79. The fourth-order valence-corrected chi connectivity index (χ4v) is 4.58. The molecule has 0 aliphatic carbocycles. The van der Waals surface area contributed by atoms with E-state index in [2.05, 4.69) is 12.1 Å². The number of rotatable bonds is 5. The molecule has 5 heteroatoms. The summed E-state index contributed by atoms with van der Waals surface area (Å²) in [5.74, 6) is 0.845. The minimum atomic E-state index is -1.05. The highest BCUT2D eigenvalue weighted by molar-refractivity contribution is 7.98. The van der Waals surface area contributed by atoms with Crippen molar-refractivity contribution >= 4 is 17.9 Å². The predicted molar refractivity (Wildman–Crippen MR) is 104 cm³/mol. The number of nitrogens with zero attached hydrogens (tertiary/aromatic N) is 1. The average Bonchev–Trinajstić information content (AvgIpc) is 2.78. The zero-order valence-corrected chi connectivity index (χ0v) is 16.1. The van der Waals surface area contributed by atoms with Crippen molar-refractivity contribution in [3.05, 3.63) is 65.2 Å². The van der Waals surface area contributed by atoms with E-state index in [1.54, 1.807) is 30.6 Å². The SMILES string of the molecule is CCOC(=O)N(C)CCCC1(O)c2ccccc2CSc2ccccc21. The van der Waals surface area contributed by atoms with E-state index in [1.165, 1.54) is 0 Å². The van der Waals surface area contributed by atoms with Gasteiger partial charge in [0.1, 0.15) is 5.60 Å². The van der Waals surface area contributed by atoms with Gasteiger partial charge < -0.3 is 14.7 Å². The van der Waals surface area contributed by atoms with Gasteiger partial charge in [0.2, 0.25) is 0 Å². The topological polar surface area (TPSA) is 49.8 Å². The van der Waals surface area contributed by atoms with Crippen molar-refractivity contribution in [3.8, 4) is 0 Å². The minimum absolute atomic E-state index is 0.322. The molecule has 4 nitrogen and oxygen atoms in total. The second kappa shape index (κ2) is 8.14. The van der Waals surface area contributed by atoms with Crippen molar-refractivity contribution in [3.63, 3.8) is 0 Å². The largest absolute Gasteiger partial charge is 0.450 e. The van der Waals surface area contributed by atoms with Gasteiger partial charge in [-0.05, 0) is 37.0 Å². The van der Waals surface area contributed by atoms with E-state index in [0.29, 0.717) is 26.0 Å². The Labute approximate surface area is 159 Å². The maximum atomic E-state index is 11.8. The summed E-state index contributed by atoms with van der Waals surface area (Å²) in [6, 6.07) is 16.2. The normalized spacial score (nSPS) is 18.4. The number of benzene rings is 2. The zero-order chi connectivity index (χ0) is 18.6. The molecule has 1 atom stereocenters. The molecule has 0 saturated carbocycles. The van der Waals surface area contributed by atoms with Crippen molar-refractivity contribution in [1.29, 1.82) is 0 Å². The smallest absolute Gasteiger partial charge is 0.409 e. The molecular formula is C21H25NO3S. The Kier molecular flexibility index (Phi) is 5.89. The van der Waals surface area contributed by atoms with E-state index in [0.717, 1.165) is 27.3 Å². The first-order valence-electron chi connectivity index (χ1n) is 8.97. The van der Waals surface area contributed by atoms with Crippen LogP contribution in [0.2, 0.25) is 0 Å². The van der Waals surface area contributed by atoms with Gasteiger partial charge in [-0.25, -0.2) is 4.79 Å². The second-order valence-corrected chi connectivity index (χ2v) is 7.54. The van der Waals surface area contributed by atoms with Crippen LogP contribution in [0.25, 0.3) is 0 Å². The highest BCUT2D eigenvalue weighted by atomic mass is 32.2. The van der Waals surface area contributed by atoms with Gasteiger partial charge in [0.25, 0.3) is 0 Å². The Morgan fingerprint density at radius 2 is 1.88 bits per heavy atom. The highest BCUT2D eigenvalue weighted by Gasteiger charge is 2.37. The van der Waals surface area contributed by atoms with Gasteiger partial charge in [-0.15, -0.1) is 11.8 Å². The van der Waals surface area contributed by atoms with E-state index >= 15 is 0 Å². The fraction of sp³-hybridized carbons (Fsp3) is 0.381. The minimum Gasteiger partial charge on any atom is -0.450 e. The molecule has 0 spiro atoms. The fourth-order valence-electron chi connectivity index (χ4n) is 3.45. The van der Waals surface area contributed by atoms with E-state index in [1.807, 2.05) is 36.4 Å². The molecule has 2 aromatic carbocycles. The molecule has 138 valence electrons. The summed E-state index contributed by atoms with van der Waals surface area (Å²) in [5, 5.41) is 11.8. The van der Waals surface area contributed by atoms with E-state index in [-0.39, 0.29) is 6.09 Å². The van der Waals surface area contributed by atoms with Gasteiger partial charge >= 0.3 is 6.09 Å². The van der Waals surface area contributed by atoms with Gasteiger partial charge in [0, 0.05) is 29.8 Å². The standard InChI is InChI=1S/C21H25NO3S/c1-3-25-20(23)22(2)14-8-13-21(24)17-10-5-4-9-16(17)15-26-19-12-7-6-11-18(19)21/h4-7,9-12,24H,3,8,13-15H2,1-2H3. The molecule has 3 rings (SSSR count). The van der Waals surface area contributed by atoms with Crippen LogP contribution in [0.1, 0.15) is 36.5 Å². The first kappa shape index (κ1) is 18.8. The molecular weight excluding hydrogens is 346 g/mol. The Morgan fingerprint density at radius 3 is 2.65 bits per heavy atom. The third kappa shape index (κ3) is 3.74. The third-order valence-corrected chi connectivity index (χ3v) is 5.91. The Bertz CT molecular complexity index is 730. The van der Waals surface area contributed by atoms with Crippen molar-refractivity contribution in [2.45, 2.75) is 36.0 Å². The Morgan fingerprint density at radius 1 is 1.19 bits per heavy atom. The first-order valence-corrected chi connectivity index (χ1v) is 9.95. The molecule has 1 aliphatic heterocycles. The number of ether oxygens (including phenoxy) is 1. The lowest BCUT2D eigenvalue weighted by Gasteiger charge is -2.31. The first-order chi connectivity index (χ1) is 12.6. The predicted octanol–water partition coefficient (Wildman–Crippen LogP) is 4.40. The summed E-state index contributed by atoms with van der Waals surface area (Å²) in [5.41, 5.74) is 2.03. The van der Waals surface area contributed by atoms with Gasteiger partial charge in [-0.1, -0.05) is 42.5 Å². The summed E-state index contributed by atoms with van der Waals surface area (Å²) < 4.78 is 5.02. The Balaban J connectivity index is 1.86. The lowest BCUT2D eigenvalue weighted by Crippen LogP contribution is -2.32. The van der Waals surface area contributed by atoms with Crippen molar-refractivity contribution in [1.82, 2.24) is 4.90 Å². The van der Waals surface area contributed by atoms with Crippen LogP contribution in [-0.2, 0) is 16.1 Å². The number of carbonyl (C=O) groups is 1. The van der Waals surface area contributed by atoms with Crippen LogP contribution in [0.4, 0.5) is 4.79 Å². The van der Waals surface area contributed by atoms with E-state index in [9.17, 15) is 9.90 Å². The summed E-state index contributed by atoms with van der Waals surface area (Å²) in [7, 11) is 1.73.